The molecule has 0 aliphatic carbocycles. The Hall–Kier alpha value is -0.870. The highest BCUT2D eigenvalue weighted by atomic mass is 79.9. The highest BCUT2D eigenvalue weighted by molar-refractivity contribution is 9.10. The predicted octanol–water partition coefficient (Wildman–Crippen LogP) is 3.04. The minimum atomic E-state index is -0.361. The Labute approximate surface area is 117 Å². The quantitative estimate of drug-likeness (QED) is 0.877. The third-order valence-electron chi connectivity index (χ3n) is 3.37. The lowest BCUT2D eigenvalue weighted by Gasteiger charge is -2.29. The topological polar surface area (TPSA) is 49.3 Å². The number of halogens is 1. The summed E-state index contributed by atoms with van der Waals surface area (Å²) < 4.78 is 0.926. The van der Waals surface area contributed by atoms with Crippen LogP contribution < -0.4 is 5.32 Å². The lowest BCUT2D eigenvalue weighted by molar-refractivity contribution is 0.0885. The normalized spacial score (nSPS) is 14.1. The Morgan fingerprint density at radius 2 is 2.17 bits per heavy atom. The average Bonchev–Trinajstić information content (AvgIpc) is 2.32. The molecule has 0 spiro atoms. The molecule has 18 heavy (non-hydrogen) atoms. The zero-order valence-electron chi connectivity index (χ0n) is 11.1. The third kappa shape index (κ3) is 3.56. The van der Waals surface area contributed by atoms with Gasteiger partial charge in [-0.3, -0.25) is 4.79 Å². The average molecular weight is 314 g/mol. The van der Waals surface area contributed by atoms with E-state index in [9.17, 15) is 4.79 Å². The van der Waals surface area contributed by atoms with Crippen molar-refractivity contribution in [2.75, 3.05) is 6.61 Å². The molecule has 1 unspecified atom stereocenters. The van der Waals surface area contributed by atoms with Gasteiger partial charge in [-0.25, -0.2) is 0 Å². The molecule has 3 nitrogen and oxygen atoms in total. The molecule has 0 aliphatic rings. The first-order valence-electron chi connectivity index (χ1n) is 6.12. The van der Waals surface area contributed by atoms with Crippen molar-refractivity contribution < 1.29 is 9.90 Å². The smallest absolute Gasteiger partial charge is 0.252 e. The van der Waals surface area contributed by atoms with Crippen LogP contribution >= 0.6 is 15.9 Å². The van der Waals surface area contributed by atoms with Crippen LogP contribution in [0.5, 0.6) is 0 Å². The summed E-state index contributed by atoms with van der Waals surface area (Å²) in [5.74, 6) is -0.0911. The molecule has 0 aliphatic heterocycles. The van der Waals surface area contributed by atoms with Crippen LogP contribution in [0.4, 0.5) is 0 Å². The van der Waals surface area contributed by atoms with Gasteiger partial charge >= 0.3 is 0 Å². The number of hydrogen-bond donors (Lipinski definition) is 2. The second kappa shape index (κ2) is 6.34. The van der Waals surface area contributed by atoms with Gasteiger partial charge in [0.2, 0.25) is 0 Å². The van der Waals surface area contributed by atoms with E-state index in [-0.39, 0.29) is 18.1 Å². The Morgan fingerprint density at radius 1 is 1.50 bits per heavy atom. The van der Waals surface area contributed by atoms with Gasteiger partial charge in [-0.15, -0.1) is 0 Å². The maximum absolute atomic E-state index is 12.3. The van der Waals surface area contributed by atoms with Crippen LogP contribution in [0.15, 0.2) is 22.7 Å². The van der Waals surface area contributed by atoms with Crippen LogP contribution in [-0.4, -0.2) is 23.2 Å². The molecule has 1 rings (SSSR count). The third-order valence-corrected chi connectivity index (χ3v) is 4.23. The van der Waals surface area contributed by atoms with Crippen LogP contribution in [-0.2, 0) is 0 Å². The first-order chi connectivity index (χ1) is 8.43. The number of benzene rings is 1. The summed E-state index contributed by atoms with van der Waals surface area (Å²) in [6.45, 7) is 5.94. The lowest BCUT2D eigenvalue weighted by atomic mass is 9.94. The van der Waals surface area contributed by atoms with Gasteiger partial charge in [-0.2, -0.15) is 0 Å². The Kier molecular flexibility index (Phi) is 5.35. The predicted molar refractivity (Wildman–Crippen MR) is 76.7 cm³/mol. The number of amides is 1. The van der Waals surface area contributed by atoms with Gasteiger partial charge in [-0.1, -0.05) is 28.9 Å². The van der Waals surface area contributed by atoms with Gasteiger partial charge in [0.25, 0.3) is 5.91 Å². The van der Waals surface area contributed by atoms with Gasteiger partial charge in [-0.05, 0) is 44.4 Å². The highest BCUT2D eigenvalue weighted by Gasteiger charge is 2.24. The molecule has 4 heteroatoms. The second-order valence-electron chi connectivity index (χ2n) is 4.75. The first kappa shape index (κ1) is 15.2. The first-order valence-corrected chi connectivity index (χ1v) is 6.91. The molecule has 2 N–H and O–H groups in total. The number of nitrogens with one attached hydrogen (secondary N) is 1. The van der Waals surface area contributed by atoms with Crippen molar-refractivity contribution in [3.63, 3.8) is 0 Å². The lowest BCUT2D eigenvalue weighted by Crippen LogP contribution is -2.46. The summed E-state index contributed by atoms with van der Waals surface area (Å²) in [5, 5.41) is 12.1. The zero-order chi connectivity index (χ0) is 13.8. The number of hydrogen-bond acceptors (Lipinski definition) is 2. The Morgan fingerprint density at radius 3 is 2.72 bits per heavy atom. The number of aliphatic hydroxyl groups excluding tert-OH is 1. The van der Waals surface area contributed by atoms with Gasteiger partial charge in [0, 0.05) is 22.2 Å². The molecule has 0 saturated carbocycles. The number of carbonyl (C=O) groups is 1. The molecule has 1 amide bonds. The zero-order valence-corrected chi connectivity index (χ0v) is 12.7. The summed E-state index contributed by atoms with van der Waals surface area (Å²) in [4.78, 5) is 12.3. The largest absolute Gasteiger partial charge is 0.396 e. The van der Waals surface area contributed by atoms with Gasteiger partial charge < -0.3 is 10.4 Å². The minimum Gasteiger partial charge on any atom is -0.396 e. The molecule has 1 aromatic rings. The van der Waals surface area contributed by atoms with Gasteiger partial charge in [0.05, 0.1) is 0 Å². The molecule has 0 aromatic heterocycles. The monoisotopic (exact) mass is 313 g/mol. The van der Waals surface area contributed by atoms with Crippen molar-refractivity contribution in [1.82, 2.24) is 5.32 Å². The summed E-state index contributed by atoms with van der Waals surface area (Å²) >= 11 is 3.42. The molecule has 0 fully saturated rings. The standard InChI is InChI=1S/C14H20BrNO2/c1-4-14(3,8-9-17)16-13(18)11-6-5-7-12(15)10(11)2/h5-7,17H,4,8-9H2,1-3H3,(H,16,18). The van der Waals surface area contributed by atoms with E-state index in [0.717, 1.165) is 16.5 Å². The van der Waals surface area contributed by atoms with Crippen LogP contribution in [0.25, 0.3) is 0 Å². The molecule has 0 bridgehead atoms. The SMILES string of the molecule is CCC(C)(CCO)NC(=O)c1cccc(Br)c1C. The molecule has 100 valence electrons. The maximum Gasteiger partial charge on any atom is 0.252 e. The Bertz CT molecular complexity index is 434. The second-order valence-corrected chi connectivity index (χ2v) is 5.61. The van der Waals surface area contributed by atoms with Crippen molar-refractivity contribution in [2.24, 2.45) is 0 Å². The van der Waals surface area contributed by atoms with Crippen LogP contribution in [0.1, 0.15) is 42.6 Å². The molecule has 0 saturated heterocycles. The van der Waals surface area contributed by atoms with Crippen molar-refractivity contribution in [3.8, 4) is 0 Å². The highest BCUT2D eigenvalue weighted by Crippen LogP contribution is 2.21. The van der Waals surface area contributed by atoms with E-state index >= 15 is 0 Å². The fourth-order valence-corrected chi connectivity index (χ4v) is 2.14. The van der Waals surface area contributed by atoms with Crippen molar-refractivity contribution in [3.05, 3.63) is 33.8 Å². The number of carbonyl (C=O) groups excluding carboxylic acids is 1. The van der Waals surface area contributed by atoms with E-state index in [1.165, 1.54) is 0 Å². The van der Waals surface area contributed by atoms with Gasteiger partial charge in [0.15, 0.2) is 0 Å². The molecule has 0 radical (unpaired) electrons. The maximum atomic E-state index is 12.3. The van der Waals surface area contributed by atoms with E-state index in [1.54, 1.807) is 0 Å². The van der Waals surface area contributed by atoms with Crippen molar-refractivity contribution in [1.29, 1.82) is 0 Å². The van der Waals surface area contributed by atoms with E-state index < -0.39 is 0 Å². The number of rotatable bonds is 5. The summed E-state index contributed by atoms with van der Waals surface area (Å²) in [7, 11) is 0. The minimum absolute atomic E-state index is 0.0715. The van der Waals surface area contributed by atoms with E-state index in [4.69, 9.17) is 5.11 Å². The summed E-state index contributed by atoms with van der Waals surface area (Å²) in [6.07, 6.45) is 1.34. The Balaban J connectivity index is 2.91. The van der Waals surface area contributed by atoms with E-state index in [1.807, 2.05) is 39.0 Å². The molecular formula is C14H20BrNO2. The fraction of sp³-hybridized carbons (Fsp3) is 0.500. The van der Waals surface area contributed by atoms with E-state index in [0.29, 0.717) is 12.0 Å². The van der Waals surface area contributed by atoms with Crippen LogP contribution in [0.2, 0.25) is 0 Å². The fourth-order valence-electron chi connectivity index (χ4n) is 1.77. The van der Waals surface area contributed by atoms with E-state index in [2.05, 4.69) is 21.2 Å². The van der Waals surface area contributed by atoms with Crippen molar-refractivity contribution in [2.45, 2.75) is 39.2 Å². The molecule has 1 aromatic carbocycles. The molecule has 1 atom stereocenters. The van der Waals surface area contributed by atoms with Gasteiger partial charge in [0.1, 0.15) is 0 Å². The summed E-state index contributed by atoms with van der Waals surface area (Å²) in [5.41, 5.74) is 1.24. The van der Waals surface area contributed by atoms with Crippen molar-refractivity contribution >= 4 is 21.8 Å². The number of aliphatic hydroxyl groups is 1. The van der Waals surface area contributed by atoms with Crippen LogP contribution in [0.3, 0.4) is 0 Å². The molecule has 0 heterocycles. The van der Waals surface area contributed by atoms with Crippen LogP contribution in [0, 0.1) is 6.92 Å². The molecular weight excluding hydrogens is 294 g/mol. The summed E-state index contributed by atoms with van der Waals surface area (Å²) in [6, 6.07) is 5.57.